The zero-order chi connectivity index (χ0) is 10.5. The molecule has 1 rings (SSSR count). The molecule has 1 saturated heterocycles. The molecule has 0 bridgehead atoms. The molecule has 0 aromatic carbocycles. The third kappa shape index (κ3) is 8.17. The van der Waals surface area contributed by atoms with E-state index in [1.807, 2.05) is 0 Å². The van der Waals surface area contributed by atoms with Crippen LogP contribution in [0.2, 0.25) is 0 Å². The molecule has 0 unspecified atom stereocenters. The summed E-state index contributed by atoms with van der Waals surface area (Å²) in [7, 11) is 0.993. The monoisotopic (exact) mass is 211 g/mol. The van der Waals surface area contributed by atoms with Crippen LogP contribution < -0.4 is 0 Å². The summed E-state index contributed by atoms with van der Waals surface area (Å²) in [5.41, 5.74) is 0. The standard InChI is InChI=1S/C6H14N.CH4O4S/c1-7(2)5-3-4-6-7;1-5-6(2,3)4/h3-6H2,1-2H3;1H3,(H,2,3,4)/q+1;/p-1. The second-order valence-electron chi connectivity index (χ2n) is 3.66. The second-order valence-corrected chi connectivity index (χ2v) is 4.81. The van der Waals surface area contributed by atoms with Crippen molar-refractivity contribution in [3.05, 3.63) is 0 Å². The highest BCUT2D eigenvalue weighted by Gasteiger charge is 2.19. The van der Waals surface area contributed by atoms with Crippen LogP contribution in [0.15, 0.2) is 0 Å². The van der Waals surface area contributed by atoms with Crippen molar-refractivity contribution in [2.75, 3.05) is 34.3 Å². The molecule has 0 saturated carbocycles. The van der Waals surface area contributed by atoms with Crippen LogP contribution in [0.4, 0.5) is 0 Å². The van der Waals surface area contributed by atoms with Crippen molar-refractivity contribution in [2.45, 2.75) is 12.8 Å². The highest BCUT2D eigenvalue weighted by Crippen LogP contribution is 2.11. The molecule has 0 amide bonds. The maximum absolute atomic E-state index is 9.22. The van der Waals surface area contributed by atoms with Gasteiger partial charge in [-0.2, -0.15) is 0 Å². The van der Waals surface area contributed by atoms with Crippen molar-refractivity contribution in [3.8, 4) is 0 Å². The van der Waals surface area contributed by atoms with Gasteiger partial charge in [0.05, 0.1) is 34.3 Å². The first kappa shape index (κ1) is 12.8. The van der Waals surface area contributed by atoms with E-state index in [-0.39, 0.29) is 0 Å². The SMILES string of the molecule is COS(=O)(=O)[O-].C[N+]1(C)CCCC1. The summed E-state index contributed by atoms with van der Waals surface area (Å²) in [6.45, 7) is 2.78. The number of nitrogens with zero attached hydrogens (tertiary/aromatic N) is 1. The van der Waals surface area contributed by atoms with Gasteiger partial charge in [-0.3, -0.25) is 4.18 Å². The Balaban J connectivity index is 0.000000226. The predicted molar refractivity (Wildman–Crippen MR) is 47.8 cm³/mol. The minimum Gasteiger partial charge on any atom is -0.726 e. The number of likely N-dealkylation sites (tertiary alicyclic amines) is 1. The Hall–Kier alpha value is -0.170. The number of hydrogen-bond donors (Lipinski definition) is 0. The Kier molecular flexibility index (Phi) is 4.83. The van der Waals surface area contributed by atoms with Gasteiger partial charge in [-0.15, -0.1) is 0 Å². The molecule has 0 aromatic heterocycles. The molecule has 0 spiro atoms. The molecule has 1 aliphatic rings. The summed E-state index contributed by atoms with van der Waals surface area (Å²) in [6, 6.07) is 0. The van der Waals surface area contributed by atoms with Crippen molar-refractivity contribution < 1.29 is 21.6 Å². The van der Waals surface area contributed by atoms with Crippen LogP contribution in [0.5, 0.6) is 0 Å². The van der Waals surface area contributed by atoms with Crippen LogP contribution in [0.3, 0.4) is 0 Å². The quantitative estimate of drug-likeness (QED) is 0.346. The minimum absolute atomic E-state index is 0.808. The highest BCUT2D eigenvalue weighted by atomic mass is 32.3. The largest absolute Gasteiger partial charge is 0.726 e. The Morgan fingerprint density at radius 2 is 1.54 bits per heavy atom. The van der Waals surface area contributed by atoms with E-state index in [0.29, 0.717) is 0 Å². The maximum Gasteiger partial charge on any atom is 0.217 e. The van der Waals surface area contributed by atoms with Crippen LogP contribution in [0.1, 0.15) is 12.8 Å². The van der Waals surface area contributed by atoms with Crippen molar-refractivity contribution in [1.82, 2.24) is 0 Å². The van der Waals surface area contributed by atoms with Crippen LogP contribution in [-0.4, -0.2) is 51.7 Å². The van der Waals surface area contributed by atoms with Gasteiger partial charge in [-0.25, -0.2) is 8.42 Å². The molecule has 1 aliphatic heterocycles. The van der Waals surface area contributed by atoms with E-state index in [2.05, 4.69) is 18.3 Å². The summed E-state index contributed by atoms with van der Waals surface area (Å²) in [4.78, 5) is 0. The topological polar surface area (TPSA) is 66.4 Å². The molecule has 1 heterocycles. The third-order valence-electron chi connectivity index (χ3n) is 1.98. The summed E-state index contributed by atoms with van der Waals surface area (Å²) < 4.78 is 32.3. The molecule has 6 heteroatoms. The van der Waals surface area contributed by atoms with Crippen molar-refractivity contribution in [1.29, 1.82) is 0 Å². The van der Waals surface area contributed by atoms with E-state index >= 15 is 0 Å². The van der Waals surface area contributed by atoms with Crippen molar-refractivity contribution in [2.24, 2.45) is 0 Å². The third-order valence-corrected chi connectivity index (χ3v) is 2.39. The van der Waals surface area contributed by atoms with E-state index in [1.54, 1.807) is 0 Å². The lowest BCUT2D eigenvalue weighted by atomic mass is 10.4. The predicted octanol–water partition coefficient (Wildman–Crippen LogP) is -0.0504. The van der Waals surface area contributed by atoms with Gasteiger partial charge in [0, 0.05) is 12.8 Å². The van der Waals surface area contributed by atoms with Crippen LogP contribution in [0, 0.1) is 0 Å². The molecule has 0 N–H and O–H groups in total. The maximum atomic E-state index is 9.22. The van der Waals surface area contributed by atoms with E-state index < -0.39 is 10.4 Å². The summed E-state index contributed by atoms with van der Waals surface area (Å²) in [5.74, 6) is 0. The zero-order valence-electron chi connectivity index (χ0n) is 8.32. The van der Waals surface area contributed by atoms with Gasteiger partial charge < -0.3 is 9.04 Å². The van der Waals surface area contributed by atoms with Gasteiger partial charge in [0.2, 0.25) is 10.4 Å². The van der Waals surface area contributed by atoms with Gasteiger partial charge >= 0.3 is 0 Å². The lowest BCUT2D eigenvalue weighted by Gasteiger charge is -2.21. The molecule has 80 valence electrons. The number of rotatable bonds is 1. The van der Waals surface area contributed by atoms with Gasteiger partial charge in [0.1, 0.15) is 0 Å². The lowest BCUT2D eigenvalue weighted by molar-refractivity contribution is -0.877. The molecule has 0 aliphatic carbocycles. The van der Waals surface area contributed by atoms with Crippen LogP contribution in [-0.2, 0) is 14.6 Å². The summed E-state index contributed by atoms with van der Waals surface area (Å²) in [5, 5.41) is 0. The Bertz CT molecular complexity index is 227. The molecule has 0 radical (unpaired) electrons. The first-order chi connectivity index (χ1) is 5.77. The highest BCUT2D eigenvalue weighted by molar-refractivity contribution is 7.80. The molecular weight excluding hydrogens is 194 g/mol. The Morgan fingerprint density at radius 1 is 1.23 bits per heavy atom. The molecule has 0 atom stereocenters. The Morgan fingerprint density at radius 3 is 1.62 bits per heavy atom. The number of hydrogen-bond acceptors (Lipinski definition) is 4. The molecule has 13 heavy (non-hydrogen) atoms. The fraction of sp³-hybridized carbons (Fsp3) is 1.00. The van der Waals surface area contributed by atoms with E-state index in [0.717, 1.165) is 7.11 Å². The van der Waals surface area contributed by atoms with Crippen molar-refractivity contribution >= 4 is 10.4 Å². The summed E-state index contributed by atoms with van der Waals surface area (Å²) >= 11 is 0. The zero-order valence-corrected chi connectivity index (χ0v) is 9.13. The number of quaternary nitrogens is 1. The fourth-order valence-electron chi connectivity index (χ4n) is 1.19. The van der Waals surface area contributed by atoms with E-state index in [1.165, 1.54) is 30.4 Å². The van der Waals surface area contributed by atoms with Gasteiger partial charge in [-0.1, -0.05) is 0 Å². The van der Waals surface area contributed by atoms with E-state index in [4.69, 9.17) is 0 Å². The first-order valence-electron chi connectivity index (χ1n) is 4.10. The average molecular weight is 211 g/mol. The average Bonchev–Trinajstić information content (AvgIpc) is 2.34. The fourth-order valence-corrected chi connectivity index (χ4v) is 1.19. The Labute approximate surface area is 79.8 Å². The molecular formula is C7H17NO4S. The van der Waals surface area contributed by atoms with E-state index in [9.17, 15) is 13.0 Å². The summed E-state index contributed by atoms with van der Waals surface area (Å²) in [6.07, 6.45) is 2.88. The van der Waals surface area contributed by atoms with Gasteiger partial charge in [0.25, 0.3) is 0 Å². The molecule has 5 nitrogen and oxygen atoms in total. The van der Waals surface area contributed by atoms with Gasteiger partial charge in [0.15, 0.2) is 0 Å². The normalized spacial score (nSPS) is 20.6. The van der Waals surface area contributed by atoms with Crippen LogP contribution >= 0.6 is 0 Å². The van der Waals surface area contributed by atoms with Crippen molar-refractivity contribution in [3.63, 3.8) is 0 Å². The lowest BCUT2D eigenvalue weighted by Crippen LogP contribution is -2.35. The van der Waals surface area contributed by atoms with Crippen LogP contribution in [0.25, 0.3) is 0 Å². The minimum atomic E-state index is -4.41. The second kappa shape index (κ2) is 4.90. The van der Waals surface area contributed by atoms with Gasteiger partial charge in [-0.05, 0) is 0 Å². The first-order valence-corrected chi connectivity index (χ1v) is 5.44. The molecule has 0 aromatic rings. The smallest absolute Gasteiger partial charge is 0.217 e. The molecule has 1 fully saturated rings.